The van der Waals surface area contributed by atoms with Crippen LogP contribution in [0.15, 0.2) is 24.3 Å². The van der Waals surface area contributed by atoms with E-state index in [0.29, 0.717) is 31.9 Å². The SMILES string of the molecule is CC(NC(C)c1ccccc1F)C(=O)N1CCOCC1. The average molecular weight is 280 g/mol. The van der Waals surface area contributed by atoms with Crippen LogP contribution in [0.2, 0.25) is 0 Å². The molecule has 1 aliphatic heterocycles. The van der Waals surface area contributed by atoms with Gasteiger partial charge >= 0.3 is 0 Å². The van der Waals surface area contributed by atoms with Gasteiger partial charge < -0.3 is 9.64 Å². The molecule has 1 amide bonds. The predicted molar refractivity (Wildman–Crippen MR) is 74.8 cm³/mol. The summed E-state index contributed by atoms with van der Waals surface area (Å²) in [7, 11) is 0. The lowest BCUT2D eigenvalue weighted by atomic mass is 10.1. The summed E-state index contributed by atoms with van der Waals surface area (Å²) >= 11 is 0. The third kappa shape index (κ3) is 3.55. The molecule has 1 aliphatic rings. The van der Waals surface area contributed by atoms with Gasteiger partial charge in [-0.15, -0.1) is 0 Å². The zero-order valence-corrected chi connectivity index (χ0v) is 11.9. The highest BCUT2D eigenvalue weighted by molar-refractivity contribution is 5.81. The van der Waals surface area contributed by atoms with Gasteiger partial charge in [-0.25, -0.2) is 4.39 Å². The van der Waals surface area contributed by atoms with E-state index >= 15 is 0 Å². The molecule has 1 aromatic carbocycles. The Morgan fingerprint density at radius 3 is 2.60 bits per heavy atom. The zero-order chi connectivity index (χ0) is 14.5. The Labute approximate surface area is 118 Å². The zero-order valence-electron chi connectivity index (χ0n) is 11.9. The average Bonchev–Trinajstić information content (AvgIpc) is 2.47. The van der Waals surface area contributed by atoms with Crippen molar-refractivity contribution in [3.05, 3.63) is 35.6 Å². The van der Waals surface area contributed by atoms with E-state index in [9.17, 15) is 9.18 Å². The fraction of sp³-hybridized carbons (Fsp3) is 0.533. The molecule has 0 radical (unpaired) electrons. The Balaban J connectivity index is 1.95. The Hall–Kier alpha value is -1.46. The number of hydrogen-bond acceptors (Lipinski definition) is 3. The summed E-state index contributed by atoms with van der Waals surface area (Å²) in [6.45, 7) is 6.09. The van der Waals surface area contributed by atoms with Crippen LogP contribution in [-0.2, 0) is 9.53 Å². The second-order valence-corrected chi connectivity index (χ2v) is 5.07. The van der Waals surface area contributed by atoms with E-state index in [1.807, 2.05) is 13.8 Å². The molecule has 1 saturated heterocycles. The summed E-state index contributed by atoms with van der Waals surface area (Å²) < 4.78 is 18.9. The molecule has 1 heterocycles. The standard InChI is InChI=1S/C15H21FN2O2/c1-11(13-5-3-4-6-14(13)16)17-12(2)15(19)18-7-9-20-10-8-18/h3-6,11-12,17H,7-10H2,1-2H3. The van der Waals surface area contributed by atoms with E-state index in [-0.39, 0.29) is 23.8 Å². The number of benzene rings is 1. The number of carbonyl (C=O) groups excluding carboxylic acids is 1. The van der Waals surface area contributed by atoms with Crippen LogP contribution in [0.5, 0.6) is 0 Å². The van der Waals surface area contributed by atoms with Crippen LogP contribution >= 0.6 is 0 Å². The maximum Gasteiger partial charge on any atom is 0.239 e. The number of morpholine rings is 1. The number of amides is 1. The number of carbonyl (C=O) groups is 1. The summed E-state index contributed by atoms with van der Waals surface area (Å²) in [5.41, 5.74) is 0.578. The maximum absolute atomic E-state index is 13.7. The smallest absolute Gasteiger partial charge is 0.239 e. The van der Waals surface area contributed by atoms with Crippen molar-refractivity contribution in [1.29, 1.82) is 0 Å². The highest BCUT2D eigenvalue weighted by atomic mass is 19.1. The van der Waals surface area contributed by atoms with E-state index in [1.165, 1.54) is 6.07 Å². The molecule has 2 atom stereocenters. The van der Waals surface area contributed by atoms with Crippen LogP contribution in [0, 0.1) is 5.82 Å². The van der Waals surface area contributed by atoms with Gasteiger partial charge in [-0.2, -0.15) is 0 Å². The number of halogens is 1. The molecule has 0 saturated carbocycles. The topological polar surface area (TPSA) is 41.6 Å². The second kappa shape index (κ2) is 6.81. The highest BCUT2D eigenvalue weighted by Crippen LogP contribution is 2.17. The molecule has 1 aromatic rings. The van der Waals surface area contributed by atoms with Crippen LogP contribution in [0.25, 0.3) is 0 Å². The van der Waals surface area contributed by atoms with Gasteiger partial charge in [-0.3, -0.25) is 10.1 Å². The van der Waals surface area contributed by atoms with Gasteiger partial charge in [0.2, 0.25) is 5.91 Å². The van der Waals surface area contributed by atoms with Crippen molar-refractivity contribution >= 4 is 5.91 Å². The first-order valence-corrected chi connectivity index (χ1v) is 6.96. The molecule has 2 rings (SSSR count). The Morgan fingerprint density at radius 2 is 1.95 bits per heavy atom. The van der Waals surface area contributed by atoms with E-state index in [2.05, 4.69) is 5.32 Å². The molecule has 4 nitrogen and oxygen atoms in total. The van der Waals surface area contributed by atoms with E-state index < -0.39 is 0 Å². The largest absolute Gasteiger partial charge is 0.378 e. The molecular formula is C15H21FN2O2. The normalized spacial score (nSPS) is 18.6. The lowest BCUT2D eigenvalue weighted by molar-refractivity contribution is -0.137. The number of hydrogen-bond donors (Lipinski definition) is 1. The molecule has 0 bridgehead atoms. The summed E-state index contributed by atoms with van der Waals surface area (Å²) in [4.78, 5) is 14.1. The number of rotatable bonds is 4. The number of ether oxygens (including phenoxy) is 1. The first kappa shape index (κ1) is 14.9. The molecule has 110 valence electrons. The van der Waals surface area contributed by atoms with Crippen LogP contribution in [-0.4, -0.2) is 43.2 Å². The van der Waals surface area contributed by atoms with Gasteiger partial charge in [0, 0.05) is 24.7 Å². The van der Waals surface area contributed by atoms with Gasteiger partial charge in [-0.1, -0.05) is 18.2 Å². The van der Waals surface area contributed by atoms with E-state index in [4.69, 9.17) is 4.74 Å². The minimum absolute atomic E-state index is 0.0384. The Bertz CT molecular complexity index is 461. The van der Waals surface area contributed by atoms with Crippen molar-refractivity contribution in [3.8, 4) is 0 Å². The summed E-state index contributed by atoms with van der Waals surface area (Å²) in [6.07, 6.45) is 0. The number of nitrogens with zero attached hydrogens (tertiary/aromatic N) is 1. The van der Waals surface area contributed by atoms with Crippen molar-refractivity contribution in [2.75, 3.05) is 26.3 Å². The molecule has 0 spiro atoms. The maximum atomic E-state index is 13.7. The quantitative estimate of drug-likeness (QED) is 0.913. The van der Waals surface area contributed by atoms with Crippen molar-refractivity contribution < 1.29 is 13.9 Å². The molecule has 1 fully saturated rings. The third-order valence-electron chi connectivity index (χ3n) is 3.56. The molecular weight excluding hydrogens is 259 g/mol. The van der Waals surface area contributed by atoms with Crippen LogP contribution in [0.1, 0.15) is 25.5 Å². The van der Waals surface area contributed by atoms with Crippen LogP contribution < -0.4 is 5.32 Å². The van der Waals surface area contributed by atoms with Crippen molar-refractivity contribution in [2.24, 2.45) is 0 Å². The van der Waals surface area contributed by atoms with Crippen molar-refractivity contribution in [2.45, 2.75) is 25.9 Å². The van der Waals surface area contributed by atoms with Gasteiger partial charge in [-0.05, 0) is 19.9 Å². The highest BCUT2D eigenvalue weighted by Gasteiger charge is 2.24. The molecule has 1 N–H and O–H groups in total. The van der Waals surface area contributed by atoms with Gasteiger partial charge in [0.25, 0.3) is 0 Å². The fourth-order valence-electron chi connectivity index (χ4n) is 2.42. The summed E-state index contributed by atoms with van der Waals surface area (Å²) in [5.74, 6) is -0.213. The molecule has 5 heteroatoms. The van der Waals surface area contributed by atoms with E-state index in [1.54, 1.807) is 23.1 Å². The lowest BCUT2D eigenvalue weighted by Gasteiger charge is -2.30. The fourth-order valence-corrected chi connectivity index (χ4v) is 2.42. The molecule has 2 unspecified atom stereocenters. The first-order valence-electron chi connectivity index (χ1n) is 6.96. The minimum Gasteiger partial charge on any atom is -0.378 e. The first-order chi connectivity index (χ1) is 9.59. The van der Waals surface area contributed by atoms with Gasteiger partial charge in [0.05, 0.1) is 19.3 Å². The monoisotopic (exact) mass is 280 g/mol. The summed E-state index contributed by atoms with van der Waals surface area (Å²) in [6, 6.07) is 6.07. The molecule has 20 heavy (non-hydrogen) atoms. The minimum atomic E-state index is -0.345. The van der Waals surface area contributed by atoms with Crippen LogP contribution in [0.3, 0.4) is 0 Å². The van der Waals surface area contributed by atoms with Crippen LogP contribution in [0.4, 0.5) is 4.39 Å². The summed E-state index contributed by atoms with van der Waals surface area (Å²) in [5, 5.41) is 3.16. The van der Waals surface area contributed by atoms with Crippen molar-refractivity contribution in [1.82, 2.24) is 10.2 Å². The number of nitrogens with one attached hydrogen (secondary N) is 1. The third-order valence-corrected chi connectivity index (χ3v) is 3.56. The molecule has 0 aliphatic carbocycles. The van der Waals surface area contributed by atoms with Gasteiger partial charge in [0.15, 0.2) is 0 Å². The Kier molecular flexibility index (Phi) is 5.09. The second-order valence-electron chi connectivity index (χ2n) is 5.07. The Morgan fingerprint density at radius 1 is 1.30 bits per heavy atom. The van der Waals surface area contributed by atoms with Gasteiger partial charge in [0.1, 0.15) is 5.82 Å². The van der Waals surface area contributed by atoms with E-state index in [0.717, 1.165) is 0 Å². The lowest BCUT2D eigenvalue weighted by Crippen LogP contribution is -2.49. The predicted octanol–water partition coefficient (Wildman–Crippen LogP) is 1.72. The van der Waals surface area contributed by atoms with Crippen molar-refractivity contribution in [3.63, 3.8) is 0 Å². The molecule has 0 aromatic heterocycles.